The van der Waals surface area contributed by atoms with Gasteiger partial charge in [0.05, 0.1) is 12.2 Å². The van der Waals surface area contributed by atoms with E-state index >= 15 is 0 Å². The van der Waals surface area contributed by atoms with Crippen LogP contribution in [0.5, 0.6) is 0 Å². The summed E-state index contributed by atoms with van der Waals surface area (Å²) in [6.45, 7) is 11.0. The highest BCUT2D eigenvalue weighted by atomic mass is 16.5. The quantitative estimate of drug-likeness (QED) is 0.727. The fourth-order valence-corrected chi connectivity index (χ4v) is 2.54. The van der Waals surface area contributed by atoms with Crippen molar-refractivity contribution >= 4 is 0 Å². The van der Waals surface area contributed by atoms with E-state index < -0.39 is 0 Å². The van der Waals surface area contributed by atoms with E-state index in [1.807, 2.05) is 0 Å². The normalized spacial score (nSPS) is 32.1. The first-order valence-corrected chi connectivity index (χ1v) is 5.73. The van der Waals surface area contributed by atoms with Crippen LogP contribution in [0, 0.1) is 0 Å². The van der Waals surface area contributed by atoms with Crippen LogP contribution in [-0.4, -0.2) is 48.8 Å². The van der Waals surface area contributed by atoms with Crippen molar-refractivity contribution in [3.63, 3.8) is 0 Å². The van der Waals surface area contributed by atoms with Gasteiger partial charge in [0.2, 0.25) is 0 Å². The van der Waals surface area contributed by atoms with Gasteiger partial charge in [-0.1, -0.05) is 6.92 Å². The van der Waals surface area contributed by atoms with Gasteiger partial charge in [0, 0.05) is 25.2 Å². The van der Waals surface area contributed by atoms with Crippen LogP contribution in [0.25, 0.3) is 0 Å². The van der Waals surface area contributed by atoms with Crippen LogP contribution in [0.3, 0.4) is 0 Å². The van der Waals surface area contributed by atoms with Crippen molar-refractivity contribution in [2.75, 3.05) is 26.2 Å². The van der Waals surface area contributed by atoms with E-state index in [1.165, 1.54) is 6.42 Å². The molecule has 0 amide bonds. The number of hydrogen-bond donors (Lipinski definition) is 1. The van der Waals surface area contributed by atoms with Crippen molar-refractivity contribution in [2.24, 2.45) is 0 Å². The molecule has 0 saturated carbocycles. The van der Waals surface area contributed by atoms with Crippen LogP contribution < -0.4 is 5.32 Å². The molecule has 2 saturated heterocycles. The van der Waals surface area contributed by atoms with Crippen molar-refractivity contribution in [3.8, 4) is 0 Å². The minimum Gasteiger partial charge on any atom is -0.374 e. The van der Waals surface area contributed by atoms with E-state index in [0.717, 1.165) is 32.3 Å². The van der Waals surface area contributed by atoms with Crippen molar-refractivity contribution in [1.29, 1.82) is 0 Å². The Morgan fingerprint density at radius 1 is 1.36 bits per heavy atom. The molecule has 3 nitrogen and oxygen atoms in total. The van der Waals surface area contributed by atoms with Gasteiger partial charge in [-0.15, -0.1) is 0 Å². The number of nitrogens with zero attached hydrogens (tertiary/aromatic N) is 1. The number of rotatable bonds is 3. The zero-order valence-electron chi connectivity index (χ0n) is 9.55. The molecule has 14 heavy (non-hydrogen) atoms. The molecule has 0 aromatic heterocycles. The zero-order valence-corrected chi connectivity index (χ0v) is 9.55. The van der Waals surface area contributed by atoms with Crippen LogP contribution in [0.15, 0.2) is 0 Å². The van der Waals surface area contributed by atoms with Gasteiger partial charge in [0.25, 0.3) is 0 Å². The smallest absolute Gasteiger partial charge is 0.0643 e. The Morgan fingerprint density at radius 2 is 2.07 bits per heavy atom. The Bertz CT molecular complexity index is 201. The maximum atomic E-state index is 5.79. The topological polar surface area (TPSA) is 24.5 Å². The van der Waals surface area contributed by atoms with E-state index in [9.17, 15) is 0 Å². The molecular formula is C11H22N2O. The van der Waals surface area contributed by atoms with Gasteiger partial charge in [-0.25, -0.2) is 0 Å². The number of ether oxygens (including phenoxy) is 1. The SMILES string of the molecule is CCN(C1CNC1)C1COC(C)(C)C1. The third kappa shape index (κ3) is 1.95. The highest BCUT2D eigenvalue weighted by Crippen LogP contribution is 2.29. The van der Waals surface area contributed by atoms with Crippen LogP contribution in [-0.2, 0) is 4.74 Å². The van der Waals surface area contributed by atoms with E-state index in [-0.39, 0.29) is 5.60 Å². The molecule has 0 spiro atoms. The minimum atomic E-state index is 0.0925. The average Bonchev–Trinajstić information content (AvgIpc) is 2.37. The number of nitrogens with one attached hydrogen (secondary N) is 1. The summed E-state index contributed by atoms with van der Waals surface area (Å²) in [4.78, 5) is 2.60. The lowest BCUT2D eigenvalue weighted by molar-refractivity contribution is 0.0293. The first-order valence-electron chi connectivity index (χ1n) is 5.73. The van der Waals surface area contributed by atoms with Crippen molar-refractivity contribution in [2.45, 2.75) is 44.9 Å². The summed E-state index contributed by atoms with van der Waals surface area (Å²) in [7, 11) is 0. The lowest BCUT2D eigenvalue weighted by Crippen LogP contribution is -2.60. The highest BCUT2D eigenvalue weighted by Gasteiger charge is 2.38. The summed E-state index contributed by atoms with van der Waals surface area (Å²) in [6.07, 6.45) is 1.18. The maximum Gasteiger partial charge on any atom is 0.0643 e. The molecule has 1 atom stereocenters. The van der Waals surface area contributed by atoms with E-state index in [4.69, 9.17) is 4.74 Å². The van der Waals surface area contributed by atoms with Crippen molar-refractivity contribution in [3.05, 3.63) is 0 Å². The summed E-state index contributed by atoms with van der Waals surface area (Å²) in [5, 5.41) is 3.34. The summed E-state index contributed by atoms with van der Waals surface area (Å²) < 4.78 is 5.79. The molecule has 0 aromatic carbocycles. The highest BCUT2D eigenvalue weighted by molar-refractivity contribution is 4.93. The fraction of sp³-hybridized carbons (Fsp3) is 1.00. The van der Waals surface area contributed by atoms with Gasteiger partial charge < -0.3 is 10.1 Å². The molecule has 82 valence electrons. The molecule has 1 unspecified atom stereocenters. The van der Waals surface area contributed by atoms with Gasteiger partial charge in [0.15, 0.2) is 0 Å². The Morgan fingerprint density at radius 3 is 2.43 bits per heavy atom. The third-order valence-corrected chi connectivity index (χ3v) is 3.46. The molecule has 2 aliphatic rings. The van der Waals surface area contributed by atoms with Crippen molar-refractivity contribution < 1.29 is 4.74 Å². The third-order valence-electron chi connectivity index (χ3n) is 3.46. The standard InChI is InChI=1S/C11H22N2O/c1-4-13(10-6-12-7-10)9-5-11(2,3)14-8-9/h9-10,12H,4-8H2,1-3H3. The Hall–Kier alpha value is -0.120. The molecule has 2 rings (SSSR count). The fourth-order valence-electron chi connectivity index (χ4n) is 2.54. The molecule has 0 bridgehead atoms. The molecule has 1 N–H and O–H groups in total. The lowest BCUT2D eigenvalue weighted by atomic mass is 9.99. The summed E-state index contributed by atoms with van der Waals surface area (Å²) in [5.74, 6) is 0. The van der Waals surface area contributed by atoms with Gasteiger partial charge in [-0.05, 0) is 26.8 Å². The zero-order chi connectivity index (χ0) is 10.2. The second kappa shape index (κ2) is 3.80. The molecular weight excluding hydrogens is 176 g/mol. The average molecular weight is 198 g/mol. The van der Waals surface area contributed by atoms with Gasteiger partial charge in [-0.3, -0.25) is 4.90 Å². The van der Waals surface area contributed by atoms with Gasteiger partial charge in [0.1, 0.15) is 0 Å². The monoisotopic (exact) mass is 198 g/mol. The molecule has 2 fully saturated rings. The molecule has 0 radical (unpaired) electrons. The number of hydrogen-bond acceptors (Lipinski definition) is 3. The van der Waals surface area contributed by atoms with E-state index in [2.05, 4.69) is 31.0 Å². The summed E-state index contributed by atoms with van der Waals surface area (Å²) in [5.41, 5.74) is 0.0925. The van der Waals surface area contributed by atoms with Gasteiger partial charge >= 0.3 is 0 Å². The summed E-state index contributed by atoms with van der Waals surface area (Å²) in [6, 6.07) is 1.39. The first kappa shape index (κ1) is 10.4. The van der Waals surface area contributed by atoms with E-state index in [0.29, 0.717) is 6.04 Å². The Labute approximate surface area is 86.8 Å². The van der Waals surface area contributed by atoms with Crippen LogP contribution in [0.1, 0.15) is 27.2 Å². The second-order valence-electron chi connectivity index (χ2n) is 5.07. The Balaban J connectivity index is 1.92. The van der Waals surface area contributed by atoms with Crippen LogP contribution in [0.4, 0.5) is 0 Å². The predicted octanol–water partition coefficient (Wildman–Crippen LogP) is 0.848. The molecule has 0 aliphatic carbocycles. The molecule has 0 aromatic rings. The largest absolute Gasteiger partial charge is 0.374 e. The molecule has 2 heterocycles. The van der Waals surface area contributed by atoms with Crippen LogP contribution >= 0.6 is 0 Å². The van der Waals surface area contributed by atoms with Crippen molar-refractivity contribution in [1.82, 2.24) is 10.2 Å². The van der Waals surface area contributed by atoms with Crippen LogP contribution in [0.2, 0.25) is 0 Å². The minimum absolute atomic E-state index is 0.0925. The second-order valence-corrected chi connectivity index (χ2v) is 5.07. The molecule has 3 heteroatoms. The van der Waals surface area contributed by atoms with E-state index in [1.54, 1.807) is 0 Å². The lowest BCUT2D eigenvalue weighted by Gasteiger charge is -2.41. The van der Waals surface area contributed by atoms with Gasteiger partial charge in [-0.2, -0.15) is 0 Å². The Kier molecular flexibility index (Phi) is 2.82. The molecule has 2 aliphatic heterocycles. The number of likely N-dealkylation sites (N-methyl/N-ethyl adjacent to an activating group) is 1. The summed E-state index contributed by atoms with van der Waals surface area (Å²) >= 11 is 0. The predicted molar refractivity (Wildman–Crippen MR) is 57.5 cm³/mol. The maximum absolute atomic E-state index is 5.79. The first-order chi connectivity index (χ1) is 6.62.